The molecule has 3 aromatic carbocycles. The molecule has 0 heterocycles. The van der Waals surface area contributed by atoms with Gasteiger partial charge in [0.15, 0.2) is 0 Å². The Balaban J connectivity index is 1.74. The van der Waals surface area contributed by atoms with Gasteiger partial charge in [0.25, 0.3) is 0 Å². The first kappa shape index (κ1) is 18.4. The minimum Gasteiger partial charge on any atom is -0.457 e. The van der Waals surface area contributed by atoms with E-state index in [1.165, 1.54) is 12.7 Å². The van der Waals surface area contributed by atoms with Crippen molar-refractivity contribution in [3.8, 4) is 11.5 Å². The molecule has 1 atom stereocenters. The number of aliphatic imine (C=N–C) groups is 1. The van der Waals surface area contributed by atoms with Crippen LogP contribution in [0.15, 0.2) is 77.8 Å². The maximum atomic E-state index is 5.88. The molecule has 3 aromatic rings. The van der Waals surface area contributed by atoms with Crippen LogP contribution < -0.4 is 4.74 Å². The van der Waals surface area contributed by atoms with Crippen LogP contribution in [0.1, 0.15) is 24.1 Å². The van der Waals surface area contributed by atoms with Gasteiger partial charge in [-0.2, -0.15) is 0 Å². The minimum absolute atomic E-state index is 0.114. The number of nitrogens with zero attached hydrogens (tertiary/aromatic N) is 1. The van der Waals surface area contributed by atoms with Gasteiger partial charge in [-0.25, -0.2) is 0 Å². The third-order valence-corrected chi connectivity index (χ3v) is 5.30. The van der Waals surface area contributed by atoms with E-state index in [1.54, 1.807) is 0 Å². The standard InChI is InChI=1S/C21H17I2NO/c1-15(20-11-10-17(22)13-21(20)23)24-14-16-6-5-9-19(12-16)25-18-7-3-2-4-8-18/h2-15H,1H3/b24-14+. The monoisotopic (exact) mass is 553 g/mol. The van der Waals surface area contributed by atoms with Crippen LogP contribution in [-0.4, -0.2) is 6.21 Å². The van der Waals surface area contributed by atoms with Gasteiger partial charge in [0.1, 0.15) is 11.5 Å². The van der Waals surface area contributed by atoms with Crippen LogP contribution in [0.3, 0.4) is 0 Å². The van der Waals surface area contributed by atoms with E-state index in [0.717, 1.165) is 17.1 Å². The molecular formula is C21H17I2NO. The smallest absolute Gasteiger partial charge is 0.128 e. The van der Waals surface area contributed by atoms with E-state index in [4.69, 9.17) is 9.73 Å². The average Bonchev–Trinajstić information content (AvgIpc) is 2.61. The van der Waals surface area contributed by atoms with Crippen molar-refractivity contribution >= 4 is 51.4 Å². The predicted molar refractivity (Wildman–Crippen MR) is 121 cm³/mol. The molecule has 0 radical (unpaired) electrons. The Bertz CT molecular complexity index is 878. The summed E-state index contributed by atoms with van der Waals surface area (Å²) in [6.45, 7) is 2.12. The molecule has 3 rings (SSSR count). The molecule has 126 valence electrons. The van der Waals surface area contributed by atoms with Gasteiger partial charge in [-0.3, -0.25) is 4.99 Å². The van der Waals surface area contributed by atoms with Gasteiger partial charge in [-0.15, -0.1) is 0 Å². The summed E-state index contributed by atoms with van der Waals surface area (Å²) >= 11 is 4.71. The lowest BCUT2D eigenvalue weighted by Crippen LogP contribution is -1.95. The highest BCUT2D eigenvalue weighted by atomic mass is 127. The average molecular weight is 553 g/mol. The summed E-state index contributed by atoms with van der Waals surface area (Å²) < 4.78 is 8.37. The Morgan fingerprint density at radius 1 is 0.880 bits per heavy atom. The molecular weight excluding hydrogens is 536 g/mol. The topological polar surface area (TPSA) is 21.6 Å². The molecule has 0 aliphatic carbocycles. The van der Waals surface area contributed by atoms with Crippen molar-refractivity contribution in [3.63, 3.8) is 0 Å². The molecule has 2 nitrogen and oxygen atoms in total. The predicted octanol–water partition coefficient (Wildman–Crippen LogP) is 6.87. The van der Waals surface area contributed by atoms with Gasteiger partial charge >= 0.3 is 0 Å². The van der Waals surface area contributed by atoms with E-state index in [0.29, 0.717) is 0 Å². The van der Waals surface area contributed by atoms with Crippen molar-refractivity contribution in [2.24, 2.45) is 4.99 Å². The summed E-state index contributed by atoms with van der Waals surface area (Å²) in [5.74, 6) is 1.64. The molecule has 0 fully saturated rings. The Morgan fingerprint density at radius 2 is 1.64 bits per heavy atom. The summed E-state index contributed by atoms with van der Waals surface area (Å²) in [4.78, 5) is 4.72. The molecule has 0 bridgehead atoms. The normalized spacial score (nSPS) is 12.3. The molecule has 0 saturated heterocycles. The van der Waals surface area contributed by atoms with Crippen molar-refractivity contribution in [1.29, 1.82) is 0 Å². The molecule has 0 aliphatic rings. The van der Waals surface area contributed by atoms with Crippen LogP contribution in [0.2, 0.25) is 0 Å². The van der Waals surface area contributed by atoms with Crippen molar-refractivity contribution in [3.05, 3.63) is 91.1 Å². The lowest BCUT2D eigenvalue weighted by Gasteiger charge is -2.10. The maximum Gasteiger partial charge on any atom is 0.128 e. The van der Waals surface area contributed by atoms with E-state index in [2.05, 4.69) is 70.3 Å². The fourth-order valence-corrected chi connectivity index (χ4v) is 4.45. The zero-order valence-corrected chi connectivity index (χ0v) is 18.0. The first-order chi connectivity index (χ1) is 12.1. The van der Waals surface area contributed by atoms with Gasteiger partial charge in [-0.1, -0.05) is 36.4 Å². The lowest BCUT2D eigenvalue weighted by atomic mass is 10.1. The lowest BCUT2D eigenvalue weighted by molar-refractivity contribution is 0.482. The summed E-state index contributed by atoms with van der Waals surface area (Å²) in [7, 11) is 0. The van der Waals surface area contributed by atoms with E-state index in [1.807, 2.05) is 60.8 Å². The second-order valence-electron chi connectivity index (χ2n) is 5.61. The van der Waals surface area contributed by atoms with Crippen molar-refractivity contribution < 1.29 is 4.74 Å². The van der Waals surface area contributed by atoms with Gasteiger partial charge < -0.3 is 4.74 Å². The molecule has 0 aliphatic heterocycles. The third kappa shape index (κ3) is 5.28. The highest BCUT2D eigenvalue weighted by Crippen LogP contribution is 2.25. The van der Waals surface area contributed by atoms with Crippen molar-refractivity contribution in [1.82, 2.24) is 0 Å². The van der Waals surface area contributed by atoms with Crippen LogP contribution in [0.25, 0.3) is 0 Å². The highest BCUT2D eigenvalue weighted by Gasteiger charge is 2.07. The first-order valence-corrected chi connectivity index (χ1v) is 10.1. The first-order valence-electron chi connectivity index (χ1n) is 7.93. The van der Waals surface area contributed by atoms with E-state index < -0.39 is 0 Å². The number of para-hydroxylation sites is 1. The number of hydrogen-bond donors (Lipinski definition) is 0. The van der Waals surface area contributed by atoms with E-state index in [9.17, 15) is 0 Å². The van der Waals surface area contributed by atoms with Crippen molar-refractivity contribution in [2.45, 2.75) is 13.0 Å². The zero-order chi connectivity index (χ0) is 17.6. The Hall–Kier alpha value is -1.41. The SMILES string of the molecule is CC(/N=C/c1cccc(Oc2ccccc2)c1)c1ccc(I)cc1I. The summed E-state index contributed by atoms with van der Waals surface area (Å²) in [5, 5.41) is 0. The molecule has 0 aromatic heterocycles. The van der Waals surface area contributed by atoms with E-state index >= 15 is 0 Å². The second-order valence-corrected chi connectivity index (χ2v) is 8.02. The number of rotatable bonds is 5. The molecule has 0 amide bonds. The van der Waals surface area contributed by atoms with Gasteiger partial charge in [-0.05, 0) is 99.6 Å². The van der Waals surface area contributed by atoms with Gasteiger partial charge in [0.2, 0.25) is 0 Å². The summed E-state index contributed by atoms with van der Waals surface area (Å²) in [6.07, 6.45) is 1.91. The maximum absolute atomic E-state index is 5.88. The van der Waals surface area contributed by atoms with Crippen LogP contribution in [0.4, 0.5) is 0 Å². The van der Waals surface area contributed by atoms with Crippen LogP contribution in [0.5, 0.6) is 11.5 Å². The Labute approximate surface area is 175 Å². The third-order valence-electron chi connectivity index (χ3n) is 3.70. The highest BCUT2D eigenvalue weighted by molar-refractivity contribution is 14.1. The van der Waals surface area contributed by atoms with Gasteiger partial charge in [0, 0.05) is 13.4 Å². The van der Waals surface area contributed by atoms with Gasteiger partial charge in [0.05, 0.1) is 6.04 Å². The molecule has 25 heavy (non-hydrogen) atoms. The quantitative estimate of drug-likeness (QED) is 0.250. The number of ether oxygens (including phenoxy) is 1. The zero-order valence-electron chi connectivity index (χ0n) is 13.7. The fraction of sp³-hybridized carbons (Fsp3) is 0.0952. The molecule has 4 heteroatoms. The molecule has 1 unspecified atom stereocenters. The number of hydrogen-bond acceptors (Lipinski definition) is 2. The summed E-state index contributed by atoms with van der Waals surface area (Å²) in [6, 6.07) is 24.3. The van der Waals surface area contributed by atoms with Crippen LogP contribution >= 0.6 is 45.2 Å². The minimum atomic E-state index is 0.114. The van der Waals surface area contributed by atoms with Crippen molar-refractivity contribution in [2.75, 3.05) is 0 Å². The Kier molecular flexibility index (Phi) is 6.47. The number of benzene rings is 3. The second kappa shape index (κ2) is 8.80. The summed E-state index contributed by atoms with van der Waals surface area (Å²) in [5.41, 5.74) is 2.27. The molecule has 0 saturated carbocycles. The van der Waals surface area contributed by atoms with Crippen LogP contribution in [0, 0.1) is 7.14 Å². The largest absolute Gasteiger partial charge is 0.457 e. The number of halogens is 2. The fourth-order valence-electron chi connectivity index (χ4n) is 2.40. The molecule has 0 N–H and O–H groups in total. The van der Waals surface area contributed by atoms with E-state index in [-0.39, 0.29) is 6.04 Å². The van der Waals surface area contributed by atoms with Crippen LogP contribution in [-0.2, 0) is 0 Å². The Morgan fingerprint density at radius 3 is 2.40 bits per heavy atom. The molecule has 0 spiro atoms.